The molecule has 0 bridgehead atoms. The molecule has 0 aromatic heterocycles. The zero-order valence-electron chi connectivity index (χ0n) is 18.0. The summed E-state index contributed by atoms with van der Waals surface area (Å²) in [7, 11) is -0.692. The van der Waals surface area contributed by atoms with Crippen LogP contribution in [-0.4, -0.2) is 58.3 Å². The number of rotatable bonds is 8. The standard InChI is InChI=1S/C21H23ClN4O6S/c1-26-9-3-4-19(26)25-33(29,30)15-7-5-14(6-8-15)24-21(28)13-10-16(22)20(17(11-13)31-2)32-12-18(23)27/h5-8,10-11H,3-4,9,12H2,1-2H3,(H2,23,27)(H,24,28)/b25-19-. The van der Waals surface area contributed by atoms with Crippen molar-refractivity contribution in [2.75, 3.05) is 32.6 Å². The fourth-order valence-electron chi connectivity index (χ4n) is 3.15. The van der Waals surface area contributed by atoms with Crippen molar-refractivity contribution in [3.63, 3.8) is 0 Å². The lowest BCUT2D eigenvalue weighted by molar-refractivity contribution is -0.119. The molecule has 176 valence electrons. The second kappa shape index (κ2) is 10.1. The molecule has 2 aromatic carbocycles. The van der Waals surface area contributed by atoms with Crippen molar-refractivity contribution in [2.24, 2.45) is 10.1 Å². The first kappa shape index (κ1) is 24.3. The maximum Gasteiger partial charge on any atom is 0.283 e. The van der Waals surface area contributed by atoms with Gasteiger partial charge in [-0.15, -0.1) is 4.40 Å². The van der Waals surface area contributed by atoms with Crippen LogP contribution in [0.15, 0.2) is 45.7 Å². The molecule has 1 saturated heterocycles. The van der Waals surface area contributed by atoms with E-state index in [1.54, 1.807) is 7.05 Å². The van der Waals surface area contributed by atoms with Crippen LogP contribution >= 0.6 is 11.6 Å². The smallest absolute Gasteiger partial charge is 0.283 e. The highest BCUT2D eigenvalue weighted by Gasteiger charge is 2.21. The number of hydrogen-bond acceptors (Lipinski definition) is 6. The number of methoxy groups -OCH3 is 1. The van der Waals surface area contributed by atoms with Gasteiger partial charge in [-0.3, -0.25) is 9.59 Å². The minimum atomic E-state index is -3.85. The van der Waals surface area contributed by atoms with Crippen molar-refractivity contribution in [3.8, 4) is 11.5 Å². The molecule has 0 saturated carbocycles. The lowest BCUT2D eigenvalue weighted by Crippen LogP contribution is -2.20. The van der Waals surface area contributed by atoms with Gasteiger partial charge in [0, 0.05) is 31.3 Å². The van der Waals surface area contributed by atoms with Crippen molar-refractivity contribution in [2.45, 2.75) is 17.7 Å². The minimum Gasteiger partial charge on any atom is -0.493 e. The van der Waals surface area contributed by atoms with Gasteiger partial charge in [0.25, 0.3) is 21.8 Å². The molecule has 0 spiro atoms. The Bertz CT molecular complexity index is 1200. The number of benzene rings is 2. The second-order valence-corrected chi connectivity index (χ2v) is 9.24. The highest BCUT2D eigenvalue weighted by atomic mass is 35.5. The van der Waals surface area contributed by atoms with Crippen molar-refractivity contribution >= 4 is 45.0 Å². The quantitative estimate of drug-likeness (QED) is 0.573. The average Bonchev–Trinajstić information content (AvgIpc) is 3.16. The molecular weight excluding hydrogens is 472 g/mol. The van der Waals surface area contributed by atoms with Gasteiger partial charge in [-0.2, -0.15) is 8.42 Å². The lowest BCUT2D eigenvalue weighted by Gasteiger charge is -2.13. The molecule has 12 heteroatoms. The molecule has 3 rings (SSSR count). The van der Waals surface area contributed by atoms with E-state index in [0.29, 0.717) is 17.9 Å². The molecule has 2 aromatic rings. The van der Waals surface area contributed by atoms with E-state index in [-0.39, 0.29) is 27.0 Å². The summed E-state index contributed by atoms with van der Waals surface area (Å²) in [6.07, 6.45) is 1.48. The van der Waals surface area contributed by atoms with Gasteiger partial charge in [0.2, 0.25) is 0 Å². The van der Waals surface area contributed by atoms with Crippen molar-refractivity contribution in [3.05, 3.63) is 47.0 Å². The topological polar surface area (TPSA) is 140 Å². The van der Waals surface area contributed by atoms with E-state index < -0.39 is 28.4 Å². The highest BCUT2D eigenvalue weighted by Crippen LogP contribution is 2.36. The number of anilines is 1. The van der Waals surface area contributed by atoms with Crippen LogP contribution in [0.3, 0.4) is 0 Å². The molecule has 0 radical (unpaired) electrons. The number of halogens is 1. The SMILES string of the molecule is COc1cc(C(=O)Nc2ccc(S(=O)(=O)/N=C3/CCCN3C)cc2)cc(Cl)c1OCC(N)=O. The molecule has 1 aliphatic rings. The Morgan fingerprint density at radius 1 is 1.24 bits per heavy atom. The van der Waals surface area contributed by atoms with Gasteiger partial charge in [-0.05, 0) is 42.8 Å². The Labute approximate surface area is 196 Å². The Morgan fingerprint density at radius 2 is 1.94 bits per heavy atom. The summed E-state index contributed by atoms with van der Waals surface area (Å²) in [4.78, 5) is 25.5. The molecule has 1 aliphatic heterocycles. The third-order valence-corrected chi connectivity index (χ3v) is 6.42. The van der Waals surface area contributed by atoms with Crippen LogP contribution in [0, 0.1) is 0 Å². The van der Waals surface area contributed by atoms with E-state index in [1.165, 1.54) is 43.5 Å². The molecule has 3 N–H and O–H groups in total. The van der Waals surface area contributed by atoms with Gasteiger partial charge in [0.1, 0.15) is 5.84 Å². The summed E-state index contributed by atoms with van der Waals surface area (Å²) < 4.78 is 39.5. The summed E-state index contributed by atoms with van der Waals surface area (Å²) in [5.74, 6) is -0.450. The number of amidine groups is 1. The molecule has 0 unspecified atom stereocenters. The molecule has 1 heterocycles. The molecule has 33 heavy (non-hydrogen) atoms. The van der Waals surface area contributed by atoms with Crippen LogP contribution in [0.25, 0.3) is 0 Å². The number of primary amides is 1. The lowest BCUT2D eigenvalue weighted by atomic mass is 10.1. The fraction of sp³-hybridized carbons (Fsp3) is 0.286. The van der Waals surface area contributed by atoms with E-state index in [1.807, 2.05) is 4.90 Å². The Morgan fingerprint density at radius 3 is 2.52 bits per heavy atom. The minimum absolute atomic E-state index is 0.0222. The first-order valence-corrected chi connectivity index (χ1v) is 11.7. The van der Waals surface area contributed by atoms with Gasteiger partial charge >= 0.3 is 0 Å². The number of nitrogens with two attached hydrogens (primary N) is 1. The van der Waals surface area contributed by atoms with E-state index in [4.69, 9.17) is 26.8 Å². The van der Waals surface area contributed by atoms with E-state index in [9.17, 15) is 18.0 Å². The number of carbonyl (C=O) groups excluding carboxylic acids is 2. The summed E-state index contributed by atoms with van der Waals surface area (Å²) >= 11 is 6.18. The summed E-state index contributed by atoms with van der Waals surface area (Å²) in [6, 6.07) is 8.42. The molecule has 0 aliphatic carbocycles. The molecule has 0 atom stereocenters. The van der Waals surface area contributed by atoms with Crippen LogP contribution in [0.5, 0.6) is 11.5 Å². The zero-order valence-corrected chi connectivity index (χ0v) is 19.6. The van der Waals surface area contributed by atoms with E-state index in [2.05, 4.69) is 9.71 Å². The molecular formula is C21H23ClN4O6S. The number of carbonyl (C=O) groups is 2. The Kier molecular flexibility index (Phi) is 7.44. The van der Waals surface area contributed by atoms with Crippen LogP contribution in [0.2, 0.25) is 5.02 Å². The number of nitrogens with zero attached hydrogens (tertiary/aromatic N) is 2. The Balaban J connectivity index is 1.75. The first-order chi connectivity index (χ1) is 15.6. The van der Waals surface area contributed by atoms with Gasteiger partial charge in [-0.1, -0.05) is 11.6 Å². The number of ether oxygens (including phenoxy) is 2. The first-order valence-electron chi connectivity index (χ1n) is 9.85. The highest BCUT2D eigenvalue weighted by molar-refractivity contribution is 7.90. The summed E-state index contributed by atoms with van der Waals surface area (Å²) in [6.45, 7) is 0.366. The average molecular weight is 495 g/mol. The van der Waals surface area contributed by atoms with Crippen LogP contribution < -0.4 is 20.5 Å². The van der Waals surface area contributed by atoms with E-state index in [0.717, 1.165) is 13.0 Å². The third-order valence-electron chi connectivity index (χ3n) is 4.82. The third kappa shape index (κ3) is 5.93. The van der Waals surface area contributed by atoms with Crippen LogP contribution in [0.1, 0.15) is 23.2 Å². The van der Waals surface area contributed by atoms with Crippen LogP contribution in [-0.2, 0) is 14.8 Å². The monoisotopic (exact) mass is 494 g/mol. The number of hydrogen-bond donors (Lipinski definition) is 2. The van der Waals surface area contributed by atoms with Crippen molar-refractivity contribution < 1.29 is 27.5 Å². The van der Waals surface area contributed by atoms with Gasteiger partial charge in [0.15, 0.2) is 18.1 Å². The molecule has 10 nitrogen and oxygen atoms in total. The van der Waals surface area contributed by atoms with Crippen molar-refractivity contribution in [1.82, 2.24) is 4.90 Å². The van der Waals surface area contributed by atoms with Crippen LogP contribution in [0.4, 0.5) is 5.69 Å². The number of sulfonamides is 1. The van der Waals surface area contributed by atoms with Gasteiger partial charge < -0.3 is 25.4 Å². The maximum absolute atomic E-state index is 12.7. The van der Waals surface area contributed by atoms with Gasteiger partial charge in [-0.25, -0.2) is 0 Å². The predicted molar refractivity (Wildman–Crippen MR) is 124 cm³/mol. The number of amides is 2. The maximum atomic E-state index is 12.7. The second-order valence-electron chi connectivity index (χ2n) is 7.23. The largest absolute Gasteiger partial charge is 0.493 e. The van der Waals surface area contributed by atoms with E-state index >= 15 is 0 Å². The zero-order chi connectivity index (χ0) is 24.2. The molecule has 2 amide bonds. The van der Waals surface area contributed by atoms with Gasteiger partial charge in [0.05, 0.1) is 17.0 Å². The fourth-order valence-corrected chi connectivity index (χ4v) is 4.51. The van der Waals surface area contributed by atoms with Crippen molar-refractivity contribution in [1.29, 1.82) is 0 Å². The Hall–Kier alpha value is -3.31. The summed E-state index contributed by atoms with van der Waals surface area (Å²) in [5, 5.41) is 2.71. The summed E-state index contributed by atoms with van der Waals surface area (Å²) in [5.41, 5.74) is 5.60. The normalized spacial score (nSPS) is 14.9. The molecule has 1 fully saturated rings. The number of nitrogens with one attached hydrogen (secondary N) is 1. The number of likely N-dealkylation sites (tertiary alicyclic amines) is 1. The predicted octanol–water partition coefficient (Wildman–Crippen LogP) is 2.28.